The zero-order valence-electron chi connectivity index (χ0n) is 32.9. The van der Waals surface area contributed by atoms with Crippen LogP contribution in [0.15, 0.2) is 43.1 Å². The molecular formula is C39H56N6O8S. The molecule has 3 aliphatic rings. The second-order valence-electron chi connectivity index (χ2n) is 17.9. The van der Waals surface area contributed by atoms with Gasteiger partial charge in [0.15, 0.2) is 0 Å². The maximum atomic E-state index is 14.7. The van der Waals surface area contributed by atoms with Crippen LogP contribution in [0.3, 0.4) is 0 Å². The molecule has 54 heavy (non-hydrogen) atoms. The summed E-state index contributed by atoms with van der Waals surface area (Å²) in [5.74, 6) is -1.57. The summed E-state index contributed by atoms with van der Waals surface area (Å²) in [6, 6.07) is 4.53. The molecule has 5 atom stereocenters. The molecule has 3 fully saturated rings. The molecular weight excluding hydrogens is 713 g/mol. The van der Waals surface area contributed by atoms with Crippen LogP contribution in [0.5, 0.6) is 11.6 Å². The van der Waals surface area contributed by atoms with Gasteiger partial charge in [-0.25, -0.2) is 18.2 Å². The van der Waals surface area contributed by atoms with E-state index < -0.39 is 79.6 Å². The SMILES string of the molecule is C=CC1C[C@]1(NC(=O)[C@@H]1C[C@@H](Oc2nccc3cc(OC)ccc23)CN1C(=O)[C@@H](NC(=O)NC(C)(C)CC(C)(C)C)C(C)(C)C)C(=O)NS(=O)(=O)C1CC1. The first kappa shape index (κ1) is 40.8. The number of hydrogen-bond donors (Lipinski definition) is 4. The van der Waals surface area contributed by atoms with Crippen molar-refractivity contribution in [3.8, 4) is 11.6 Å². The van der Waals surface area contributed by atoms with E-state index in [2.05, 4.69) is 53.0 Å². The summed E-state index contributed by atoms with van der Waals surface area (Å²) < 4.78 is 39.4. The highest BCUT2D eigenvalue weighted by Crippen LogP contribution is 2.45. The molecule has 0 spiro atoms. The van der Waals surface area contributed by atoms with E-state index in [1.165, 1.54) is 11.0 Å². The third-order valence-electron chi connectivity index (χ3n) is 10.1. The van der Waals surface area contributed by atoms with Crippen molar-refractivity contribution in [2.75, 3.05) is 13.7 Å². The Labute approximate surface area is 318 Å². The summed E-state index contributed by atoms with van der Waals surface area (Å²) in [6.45, 7) is 19.3. The fourth-order valence-corrected chi connectivity index (χ4v) is 8.92. The number of nitrogens with zero attached hydrogens (tertiary/aromatic N) is 2. The van der Waals surface area contributed by atoms with Crippen LogP contribution >= 0.6 is 0 Å². The quantitative estimate of drug-likeness (QED) is 0.217. The largest absolute Gasteiger partial charge is 0.497 e. The summed E-state index contributed by atoms with van der Waals surface area (Å²) in [5, 5.41) is 9.58. The number of ether oxygens (including phenoxy) is 2. The predicted octanol–water partition coefficient (Wildman–Crippen LogP) is 4.19. The van der Waals surface area contributed by atoms with Crippen LogP contribution in [0, 0.1) is 16.7 Å². The van der Waals surface area contributed by atoms with E-state index >= 15 is 0 Å². The van der Waals surface area contributed by atoms with Gasteiger partial charge in [-0.2, -0.15) is 0 Å². The minimum Gasteiger partial charge on any atom is -0.497 e. The zero-order valence-corrected chi connectivity index (χ0v) is 33.7. The van der Waals surface area contributed by atoms with E-state index in [1.807, 2.05) is 52.8 Å². The Bertz CT molecular complexity index is 1920. The number of rotatable bonds is 13. The van der Waals surface area contributed by atoms with E-state index in [0.717, 1.165) is 5.39 Å². The second kappa shape index (κ2) is 14.7. The van der Waals surface area contributed by atoms with Crippen molar-refractivity contribution in [3.63, 3.8) is 0 Å². The fourth-order valence-electron chi connectivity index (χ4n) is 7.56. The molecule has 2 heterocycles. The molecule has 0 radical (unpaired) electrons. The number of pyridine rings is 1. The van der Waals surface area contributed by atoms with Gasteiger partial charge in [0.1, 0.15) is 29.5 Å². The van der Waals surface area contributed by atoms with E-state index in [1.54, 1.807) is 19.4 Å². The smallest absolute Gasteiger partial charge is 0.315 e. The van der Waals surface area contributed by atoms with E-state index in [-0.39, 0.29) is 24.8 Å². The van der Waals surface area contributed by atoms with Crippen molar-refractivity contribution in [2.45, 2.75) is 122 Å². The minimum absolute atomic E-state index is 0.0311. The van der Waals surface area contributed by atoms with Gasteiger partial charge in [-0.05, 0) is 80.0 Å². The molecule has 296 valence electrons. The number of amides is 5. The Morgan fingerprint density at radius 3 is 2.33 bits per heavy atom. The lowest BCUT2D eigenvalue weighted by Crippen LogP contribution is -2.62. The van der Waals surface area contributed by atoms with Crippen LogP contribution in [0.2, 0.25) is 0 Å². The molecule has 2 aromatic rings. The molecule has 5 amide bonds. The molecule has 15 heteroatoms. The number of carbonyl (C=O) groups excluding carboxylic acids is 4. The van der Waals surface area contributed by atoms with Crippen LogP contribution in [-0.4, -0.2) is 90.2 Å². The van der Waals surface area contributed by atoms with Crippen molar-refractivity contribution in [1.82, 2.24) is 30.6 Å². The fraction of sp³-hybridized carbons (Fsp3) is 0.615. The van der Waals surface area contributed by atoms with E-state index in [0.29, 0.717) is 36.3 Å². The first-order chi connectivity index (χ1) is 25.0. The maximum Gasteiger partial charge on any atom is 0.315 e. The van der Waals surface area contributed by atoms with Gasteiger partial charge in [0.05, 0.1) is 18.9 Å². The molecule has 4 N–H and O–H groups in total. The van der Waals surface area contributed by atoms with Crippen molar-refractivity contribution >= 4 is 44.5 Å². The molecule has 2 aliphatic carbocycles. The Hall–Kier alpha value is -4.40. The molecule has 2 saturated carbocycles. The van der Waals surface area contributed by atoms with E-state index in [4.69, 9.17) is 9.47 Å². The van der Waals surface area contributed by atoms with Crippen LogP contribution < -0.4 is 30.1 Å². The highest BCUT2D eigenvalue weighted by molar-refractivity contribution is 7.91. The lowest BCUT2D eigenvalue weighted by molar-refractivity contribution is -0.142. The third kappa shape index (κ3) is 9.27. The number of nitrogens with one attached hydrogen (secondary N) is 4. The Morgan fingerprint density at radius 1 is 1.07 bits per heavy atom. The number of fused-ring (bicyclic) bond motifs is 1. The van der Waals surface area contributed by atoms with Gasteiger partial charge in [0.25, 0.3) is 5.91 Å². The monoisotopic (exact) mass is 768 g/mol. The number of urea groups is 1. The third-order valence-corrected chi connectivity index (χ3v) is 11.9. The molecule has 1 unspecified atom stereocenters. The Kier molecular flexibility index (Phi) is 11.1. The summed E-state index contributed by atoms with van der Waals surface area (Å²) in [5.41, 5.74) is -3.01. The highest BCUT2D eigenvalue weighted by atomic mass is 32.2. The van der Waals surface area contributed by atoms with Gasteiger partial charge < -0.3 is 30.3 Å². The van der Waals surface area contributed by atoms with Crippen molar-refractivity contribution < 1.29 is 37.1 Å². The number of hydrogen-bond acceptors (Lipinski definition) is 9. The highest BCUT2D eigenvalue weighted by Gasteiger charge is 2.62. The summed E-state index contributed by atoms with van der Waals surface area (Å²) in [7, 11) is -2.33. The van der Waals surface area contributed by atoms with Gasteiger partial charge in [0, 0.05) is 29.5 Å². The van der Waals surface area contributed by atoms with Gasteiger partial charge in [-0.1, -0.05) is 47.6 Å². The topological polar surface area (TPSA) is 185 Å². The summed E-state index contributed by atoms with van der Waals surface area (Å²) in [6.07, 6.45) is 4.17. The summed E-state index contributed by atoms with van der Waals surface area (Å²) >= 11 is 0. The number of carbonyl (C=O) groups is 4. The van der Waals surface area contributed by atoms with Gasteiger partial charge in [0.2, 0.25) is 27.7 Å². The van der Waals surface area contributed by atoms with Crippen LogP contribution in [0.4, 0.5) is 4.79 Å². The van der Waals surface area contributed by atoms with Crippen molar-refractivity contribution in [1.29, 1.82) is 0 Å². The number of likely N-dealkylation sites (tertiary alicyclic amines) is 1. The average molecular weight is 769 g/mol. The van der Waals surface area contributed by atoms with Crippen LogP contribution in [0.25, 0.3) is 10.8 Å². The maximum absolute atomic E-state index is 14.7. The van der Waals surface area contributed by atoms with Gasteiger partial charge in [-0.3, -0.25) is 19.1 Å². The number of sulfonamides is 1. The first-order valence-corrected chi connectivity index (χ1v) is 20.0. The minimum atomic E-state index is -3.90. The molecule has 1 saturated heterocycles. The van der Waals surface area contributed by atoms with Crippen LogP contribution in [0.1, 0.15) is 87.5 Å². The van der Waals surface area contributed by atoms with Gasteiger partial charge >= 0.3 is 6.03 Å². The first-order valence-electron chi connectivity index (χ1n) is 18.5. The molecule has 14 nitrogen and oxygen atoms in total. The normalized spacial score (nSPS) is 23.6. The van der Waals surface area contributed by atoms with Gasteiger partial charge in [-0.15, -0.1) is 6.58 Å². The number of aromatic nitrogens is 1. The van der Waals surface area contributed by atoms with Crippen molar-refractivity contribution in [2.24, 2.45) is 16.7 Å². The van der Waals surface area contributed by atoms with Crippen molar-refractivity contribution in [3.05, 3.63) is 43.1 Å². The lowest BCUT2D eigenvalue weighted by atomic mass is 9.82. The molecule has 5 rings (SSSR count). The predicted molar refractivity (Wildman–Crippen MR) is 205 cm³/mol. The Morgan fingerprint density at radius 2 is 1.76 bits per heavy atom. The standard InChI is InChI=1S/C39H56N6O8S/c1-11-24-20-39(24,34(48)44-54(50,51)27-13-14-27)42-31(46)29-19-26(53-32-28-15-12-25(52-10)18-23(28)16-17-40-32)21-45(29)33(47)30(37(5,6)7)41-35(49)43-38(8,9)22-36(2,3)4/h11-12,15-18,24,26-27,29-30H,1,13-14,19-22H2,2-10H3,(H,42,46)(H,44,48)(H2,41,43,49)/t24?,26-,29+,30-,39-/m1/s1. The number of benzene rings is 1. The summed E-state index contributed by atoms with van der Waals surface area (Å²) in [4.78, 5) is 61.9. The van der Waals surface area contributed by atoms with Crippen LogP contribution in [-0.2, 0) is 24.4 Å². The lowest BCUT2D eigenvalue weighted by Gasteiger charge is -2.37. The molecule has 1 aliphatic heterocycles. The second-order valence-corrected chi connectivity index (χ2v) is 19.8. The molecule has 0 bridgehead atoms. The molecule has 1 aromatic heterocycles. The molecule has 1 aromatic carbocycles. The zero-order chi connectivity index (χ0) is 40.0. The average Bonchev–Trinajstić information content (AvgIpc) is 3.98. The number of methoxy groups -OCH3 is 1. The Balaban J connectivity index is 1.44. The van der Waals surface area contributed by atoms with E-state index in [9.17, 15) is 27.6 Å².